The van der Waals surface area contributed by atoms with Gasteiger partial charge in [-0.15, -0.1) is 0 Å². The number of rotatable bonds is 5. The molecular weight excluding hydrogens is 288 g/mol. The molecular formula is C20H32O3. The zero-order valence-corrected chi connectivity index (χ0v) is 15.5. The molecule has 4 atom stereocenters. The standard InChI is InChI=1S/C20H32O3/c1-13(2)16-8-7-14(3)9-17(16)23-18(22)20(10-15(4)11-21)12-19(20,5)6/h10-11,13-14,16-17H,7-9,12H2,1-6H3. The highest BCUT2D eigenvalue weighted by molar-refractivity contribution is 5.86. The third kappa shape index (κ3) is 3.54. The monoisotopic (exact) mass is 320 g/mol. The van der Waals surface area contributed by atoms with Crippen LogP contribution in [0.3, 0.4) is 0 Å². The summed E-state index contributed by atoms with van der Waals surface area (Å²) in [5.41, 5.74) is -0.118. The van der Waals surface area contributed by atoms with Crippen LogP contribution in [-0.4, -0.2) is 18.4 Å². The predicted molar refractivity (Wildman–Crippen MR) is 91.9 cm³/mol. The van der Waals surface area contributed by atoms with E-state index < -0.39 is 5.41 Å². The van der Waals surface area contributed by atoms with E-state index in [4.69, 9.17) is 4.74 Å². The third-order valence-electron chi connectivity index (χ3n) is 6.05. The Bertz CT molecular complexity index is 503. The molecule has 0 spiro atoms. The highest BCUT2D eigenvalue weighted by Gasteiger charge is 2.66. The van der Waals surface area contributed by atoms with Crippen molar-refractivity contribution in [2.24, 2.45) is 28.6 Å². The number of carbonyl (C=O) groups excluding carboxylic acids is 2. The van der Waals surface area contributed by atoms with Crippen LogP contribution in [0.4, 0.5) is 0 Å². The van der Waals surface area contributed by atoms with Crippen molar-refractivity contribution in [1.29, 1.82) is 0 Å². The minimum absolute atomic E-state index is 0.0180. The van der Waals surface area contributed by atoms with Crippen LogP contribution in [0, 0.1) is 28.6 Å². The number of ether oxygens (including phenoxy) is 1. The lowest BCUT2D eigenvalue weighted by molar-refractivity contribution is -0.162. The van der Waals surface area contributed by atoms with Crippen molar-refractivity contribution in [2.45, 2.75) is 73.3 Å². The number of hydrogen-bond acceptors (Lipinski definition) is 3. The third-order valence-corrected chi connectivity index (χ3v) is 6.05. The highest BCUT2D eigenvalue weighted by atomic mass is 16.5. The molecule has 3 heteroatoms. The van der Waals surface area contributed by atoms with Crippen molar-refractivity contribution in [2.75, 3.05) is 0 Å². The Kier molecular flexibility index (Phi) is 5.08. The lowest BCUT2D eigenvalue weighted by Crippen LogP contribution is -2.38. The van der Waals surface area contributed by atoms with E-state index in [9.17, 15) is 9.59 Å². The van der Waals surface area contributed by atoms with Crippen LogP contribution < -0.4 is 0 Å². The van der Waals surface area contributed by atoms with Gasteiger partial charge in [-0.05, 0) is 54.9 Å². The Balaban J connectivity index is 2.17. The number of allylic oxidation sites excluding steroid dienone is 1. The first kappa shape index (κ1) is 18.2. The molecule has 2 rings (SSSR count). The number of esters is 1. The van der Waals surface area contributed by atoms with Crippen molar-refractivity contribution in [3.05, 3.63) is 11.6 Å². The molecule has 0 aromatic heterocycles. The molecule has 130 valence electrons. The lowest BCUT2D eigenvalue weighted by atomic mass is 9.75. The Labute approximate surface area is 140 Å². The summed E-state index contributed by atoms with van der Waals surface area (Å²) in [6, 6.07) is 0. The van der Waals surface area contributed by atoms with Gasteiger partial charge in [0.15, 0.2) is 0 Å². The van der Waals surface area contributed by atoms with Gasteiger partial charge < -0.3 is 4.74 Å². The zero-order valence-electron chi connectivity index (χ0n) is 15.5. The van der Waals surface area contributed by atoms with Gasteiger partial charge in [-0.1, -0.05) is 47.1 Å². The van der Waals surface area contributed by atoms with Gasteiger partial charge in [-0.2, -0.15) is 0 Å². The molecule has 23 heavy (non-hydrogen) atoms. The van der Waals surface area contributed by atoms with Gasteiger partial charge in [0.2, 0.25) is 0 Å². The summed E-state index contributed by atoms with van der Waals surface area (Å²) in [7, 11) is 0. The largest absolute Gasteiger partial charge is 0.461 e. The van der Waals surface area contributed by atoms with Crippen molar-refractivity contribution in [3.63, 3.8) is 0 Å². The van der Waals surface area contributed by atoms with Gasteiger partial charge in [0.25, 0.3) is 0 Å². The lowest BCUT2D eigenvalue weighted by Gasteiger charge is -2.37. The molecule has 3 nitrogen and oxygen atoms in total. The summed E-state index contributed by atoms with van der Waals surface area (Å²) in [5, 5.41) is 0. The second-order valence-corrected chi connectivity index (χ2v) is 8.81. The van der Waals surface area contributed by atoms with Crippen LogP contribution in [0.1, 0.15) is 67.2 Å². The molecule has 0 aliphatic heterocycles. The molecule has 0 aromatic rings. The smallest absolute Gasteiger partial charge is 0.316 e. The molecule has 0 bridgehead atoms. The fraction of sp³-hybridized carbons (Fsp3) is 0.800. The summed E-state index contributed by atoms with van der Waals surface area (Å²) in [4.78, 5) is 24.0. The van der Waals surface area contributed by atoms with Gasteiger partial charge in [0.1, 0.15) is 12.4 Å². The number of carbonyl (C=O) groups is 2. The van der Waals surface area contributed by atoms with E-state index >= 15 is 0 Å². The number of hydrogen-bond donors (Lipinski definition) is 0. The number of aldehydes is 1. The molecule has 0 heterocycles. The SMILES string of the molecule is CC(C=O)=CC1(C(=O)OC2CC(C)CCC2C(C)C)CC1(C)C. The quantitative estimate of drug-likeness (QED) is 0.424. The Morgan fingerprint density at radius 2 is 1.87 bits per heavy atom. The molecule has 0 saturated heterocycles. The second kappa shape index (κ2) is 6.41. The van der Waals surface area contributed by atoms with Crippen LogP contribution in [-0.2, 0) is 14.3 Å². The Morgan fingerprint density at radius 3 is 2.35 bits per heavy atom. The predicted octanol–water partition coefficient (Wildman–Crippen LogP) is 4.55. The molecule has 0 N–H and O–H groups in total. The van der Waals surface area contributed by atoms with E-state index in [0.29, 0.717) is 23.3 Å². The van der Waals surface area contributed by atoms with Gasteiger partial charge in [0, 0.05) is 0 Å². The first-order valence-corrected chi connectivity index (χ1v) is 8.98. The van der Waals surface area contributed by atoms with Gasteiger partial charge >= 0.3 is 5.97 Å². The fourth-order valence-electron chi connectivity index (χ4n) is 4.22. The van der Waals surface area contributed by atoms with Crippen molar-refractivity contribution < 1.29 is 14.3 Å². The summed E-state index contributed by atoms with van der Waals surface area (Å²) in [6.45, 7) is 12.6. The maximum atomic E-state index is 13.0. The van der Waals surface area contributed by atoms with Crippen molar-refractivity contribution >= 4 is 12.3 Å². The van der Waals surface area contributed by atoms with E-state index in [1.54, 1.807) is 6.92 Å². The topological polar surface area (TPSA) is 43.4 Å². The second-order valence-electron chi connectivity index (χ2n) is 8.81. The van der Waals surface area contributed by atoms with Crippen LogP contribution in [0.5, 0.6) is 0 Å². The maximum absolute atomic E-state index is 13.0. The van der Waals surface area contributed by atoms with E-state index in [-0.39, 0.29) is 17.5 Å². The molecule has 2 aliphatic carbocycles. The van der Waals surface area contributed by atoms with E-state index in [2.05, 4.69) is 34.6 Å². The Morgan fingerprint density at radius 1 is 1.26 bits per heavy atom. The van der Waals surface area contributed by atoms with Gasteiger partial charge in [0.05, 0.1) is 5.41 Å². The molecule has 2 saturated carbocycles. The summed E-state index contributed by atoms with van der Waals surface area (Å²) >= 11 is 0. The molecule has 2 fully saturated rings. The van der Waals surface area contributed by atoms with Crippen LogP contribution in [0.2, 0.25) is 0 Å². The van der Waals surface area contributed by atoms with Crippen LogP contribution in [0.15, 0.2) is 11.6 Å². The van der Waals surface area contributed by atoms with Crippen LogP contribution >= 0.6 is 0 Å². The average Bonchev–Trinajstić information content (AvgIpc) is 3.00. The Hall–Kier alpha value is -1.12. The minimum atomic E-state index is -0.611. The average molecular weight is 320 g/mol. The first-order chi connectivity index (χ1) is 10.6. The van der Waals surface area contributed by atoms with E-state index in [0.717, 1.165) is 25.5 Å². The zero-order chi connectivity index (χ0) is 17.4. The van der Waals surface area contributed by atoms with Gasteiger partial charge in [-0.25, -0.2) is 0 Å². The molecule has 4 unspecified atom stereocenters. The molecule has 0 aromatic carbocycles. The first-order valence-electron chi connectivity index (χ1n) is 8.98. The van der Waals surface area contributed by atoms with Crippen molar-refractivity contribution in [1.82, 2.24) is 0 Å². The molecule has 2 aliphatic rings. The molecule has 0 radical (unpaired) electrons. The molecule has 0 amide bonds. The van der Waals surface area contributed by atoms with Crippen molar-refractivity contribution in [3.8, 4) is 0 Å². The summed E-state index contributed by atoms with van der Waals surface area (Å²) < 4.78 is 6.04. The van der Waals surface area contributed by atoms with E-state index in [1.165, 1.54) is 6.42 Å². The normalized spacial score (nSPS) is 36.7. The minimum Gasteiger partial charge on any atom is -0.461 e. The van der Waals surface area contributed by atoms with E-state index in [1.807, 2.05) is 6.08 Å². The van der Waals surface area contributed by atoms with Gasteiger partial charge in [-0.3, -0.25) is 9.59 Å². The maximum Gasteiger partial charge on any atom is 0.316 e. The fourth-order valence-corrected chi connectivity index (χ4v) is 4.22. The summed E-state index contributed by atoms with van der Waals surface area (Å²) in [5.74, 6) is 1.45. The summed E-state index contributed by atoms with van der Waals surface area (Å²) in [6.07, 6.45) is 6.75. The highest BCUT2D eigenvalue weighted by Crippen LogP contribution is 2.65. The van der Waals surface area contributed by atoms with Crippen LogP contribution in [0.25, 0.3) is 0 Å².